The highest BCUT2D eigenvalue weighted by Crippen LogP contribution is 2.04. The second-order valence-corrected chi connectivity index (χ2v) is 3.49. The minimum absolute atomic E-state index is 0.124. The zero-order valence-corrected chi connectivity index (χ0v) is 9.93. The van der Waals surface area contributed by atoms with Crippen LogP contribution in [0.15, 0.2) is 12.1 Å². The average molecular weight is 239 g/mol. The molecule has 0 aliphatic carbocycles. The maximum Gasteiger partial charge on any atom is 0.242 e. The molecule has 1 atom stereocenters. The van der Waals surface area contributed by atoms with Crippen molar-refractivity contribution in [3.8, 4) is 0 Å². The van der Waals surface area contributed by atoms with Gasteiger partial charge >= 0.3 is 0 Å². The third-order valence-electron chi connectivity index (χ3n) is 2.05. The van der Waals surface area contributed by atoms with Crippen molar-refractivity contribution in [1.82, 2.24) is 15.5 Å². The van der Waals surface area contributed by atoms with Gasteiger partial charge in [0.1, 0.15) is 17.7 Å². The lowest BCUT2D eigenvalue weighted by Crippen LogP contribution is -2.39. The van der Waals surface area contributed by atoms with Gasteiger partial charge in [0.25, 0.3) is 0 Å². The molecule has 1 aromatic heterocycles. The molecular weight excluding hydrogens is 222 g/mol. The Morgan fingerprint density at radius 2 is 2.29 bits per heavy atom. The van der Waals surface area contributed by atoms with Gasteiger partial charge < -0.3 is 21.1 Å². The maximum absolute atomic E-state index is 11.6. The van der Waals surface area contributed by atoms with E-state index in [1.807, 2.05) is 0 Å². The number of methoxy groups -OCH3 is 1. The van der Waals surface area contributed by atoms with E-state index in [1.54, 1.807) is 26.2 Å². The van der Waals surface area contributed by atoms with Gasteiger partial charge in [-0.3, -0.25) is 4.79 Å². The van der Waals surface area contributed by atoms with Crippen LogP contribution in [0.25, 0.3) is 0 Å². The first-order chi connectivity index (χ1) is 8.13. The molecule has 0 bridgehead atoms. The van der Waals surface area contributed by atoms with Crippen molar-refractivity contribution in [2.24, 2.45) is 0 Å². The van der Waals surface area contributed by atoms with Crippen LogP contribution >= 0.6 is 0 Å². The monoisotopic (exact) mass is 239 g/mol. The van der Waals surface area contributed by atoms with E-state index in [4.69, 9.17) is 10.5 Å². The third-order valence-corrected chi connectivity index (χ3v) is 2.05. The van der Waals surface area contributed by atoms with E-state index in [0.717, 1.165) is 0 Å². The highest BCUT2D eigenvalue weighted by atomic mass is 16.5. The number of anilines is 2. The van der Waals surface area contributed by atoms with Gasteiger partial charge in [-0.1, -0.05) is 0 Å². The summed E-state index contributed by atoms with van der Waals surface area (Å²) < 4.78 is 4.83. The first-order valence-electron chi connectivity index (χ1n) is 5.26. The molecule has 0 spiro atoms. The van der Waals surface area contributed by atoms with Crippen LogP contribution < -0.4 is 16.4 Å². The largest absolute Gasteiger partial charge is 0.383 e. The highest BCUT2D eigenvalue weighted by molar-refractivity contribution is 5.83. The Kier molecular flexibility index (Phi) is 5.15. The summed E-state index contributed by atoms with van der Waals surface area (Å²) in [5.74, 6) is 0.724. The van der Waals surface area contributed by atoms with Gasteiger partial charge in [-0.15, -0.1) is 10.2 Å². The van der Waals surface area contributed by atoms with Crippen molar-refractivity contribution in [2.45, 2.75) is 13.0 Å². The number of nitrogen functional groups attached to an aromatic ring is 1. The normalized spacial score (nSPS) is 11.9. The quantitative estimate of drug-likeness (QED) is 0.585. The van der Waals surface area contributed by atoms with E-state index in [-0.39, 0.29) is 5.91 Å². The van der Waals surface area contributed by atoms with Crippen LogP contribution in [0.3, 0.4) is 0 Å². The van der Waals surface area contributed by atoms with Crippen LogP contribution in [0, 0.1) is 0 Å². The molecule has 17 heavy (non-hydrogen) atoms. The Hall–Kier alpha value is -1.89. The number of ether oxygens (including phenoxy) is 1. The molecule has 1 heterocycles. The van der Waals surface area contributed by atoms with Crippen LogP contribution in [0.4, 0.5) is 11.6 Å². The minimum Gasteiger partial charge on any atom is -0.383 e. The number of hydrogen-bond donors (Lipinski definition) is 3. The van der Waals surface area contributed by atoms with Gasteiger partial charge in [-0.25, -0.2) is 0 Å². The topological polar surface area (TPSA) is 102 Å². The Labute approximate surface area is 99.7 Å². The van der Waals surface area contributed by atoms with E-state index in [0.29, 0.717) is 24.8 Å². The van der Waals surface area contributed by atoms with Gasteiger partial charge in [0.15, 0.2) is 0 Å². The zero-order valence-electron chi connectivity index (χ0n) is 9.93. The lowest BCUT2D eigenvalue weighted by molar-refractivity contribution is -0.121. The molecule has 1 rings (SSSR count). The Bertz CT molecular complexity index is 354. The SMILES string of the molecule is COCCNC(=O)C(C)Nc1ccc(N)nn1. The smallest absolute Gasteiger partial charge is 0.242 e. The number of aromatic nitrogens is 2. The maximum atomic E-state index is 11.6. The molecule has 1 aromatic rings. The van der Waals surface area contributed by atoms with Crippen molar-refractivity contribution in [3.63, 3.8) is 0 Å². The van der Waals surface area contributed by atoms with Gasteiger partial charge in [0.2, 0.25) is 5.91 Å². The number of carbonyl (C=O) groups is 1. The van der Waals surface area contributed by atoms with Crippen LogP contribution in [0.5, 0.6) is 0 Å². The van der Waals surface area contributed by atoms with Crippen LogP contribution in [0.1, 0.15) is 6.92 Å². The van der Waals surface area contributed by atoms with Crippen LogP contribution in [-0.2, 0) is 9.53 Å². The summed E-state index contributed by atoms with van der Waals surface area (Å²) >= 11 is 0. The first kappa shape index (κ1) is 13.2. The van der Waals surface area contributed by atoms with Crippen molar-refractivity contribution < 1.29 is 9.53 Å². The summed E-state index contributed by atoms with van der Waals surface area (Å²) in [4.78, 5) is 11.6. The molecular formula is C10H17N5O2. The first-order valence-corrected chi connectivity index (χ1v) is 5.26. The molecule has 7 heteroatoms. The molecule has 0 aromatic carbocycles. The minimum atomic E-state index is -0.398. The molecule has 7 nitrogen and oxygen atoms in total. The average Bonchev–Trinajstić information content (AvgIpc) is 2.32. The summed E-state index contributed by atoms with van der Waals surface area (Å²) in [7, 11) is 1.58. The lowest BCUT2D eigenvalue weighted by Gasteiger charge is -2.13. The second kappa shape index (κ2) is 6.64. The Morgan fingerprint density at radius 1 is 1.53 bits per heavy atom. The van der Waals surface area contributed by atoms with Gasteiger partial charge in [-0.2, -0.15) is 0 Å². The van der Waals surface area contributed by atoms with Crippen molar-refractivity contribution in [1.29, 1.82) is 0 Å². The van der Waals surface area contributed by atoms with E-state index in [1.165, 1.54) is 0 Å². The number of nitrogens with two attached hydrogens (primary N) is 1. The Balaban J connectivity index is 2.40. The molecule has 0 radical (unpaired) electrons. The fourth-order valence-corrected chi connectivity index (χ4v) is 1.14. The van der Waals surface area contributed by atoms with E-state index < -0.39 is 6.04 Å². The summed E-state index contributed by atoms with van der Waals surface area (Å²) in [6.45, 7) is 2.70. The standard InChI is InChI=1S/C10H17N5O2/c1-7(10(16)12-5-6-17-2)13-9-4-3-8(11)14-15-9/h3-4,7H,5-6H2,1-2H3,(H2,11,14)(H,12,16)(H,13,15). The van der Waals surface area contributed by atoms with E-state index in [9.17, 15) is 4.79 Å². The second-order valence-electron chi connectivity index (χ2n) is 3.49. The predicted molar refractivity (Wildman–Crippen MR) is 64.4 cm³/mol. The number of carbonyl (C=O) groups excluding carboxylic acids is 1. The number of nitrogens with zero attached hydrogens (tertiary/aromatic N) is 2. The third kappa shape index (κ3) is 4.64. The molecule has 0 saturated carbocycles. The lowest BCUT2D eigenvalue weighted by atomic mass is 10.3. The number of nitrogens with one attached hydrogen (secondary N) is 2. The molecule has 1 amide bonds. The van der Waals surface area contributed by atoms with Gasteiger partial charge in [0, 0.05) is 13.7 Å². The number of rotatable bonds is 6. The molecule has 0 fully saturated rings. The molecule has 1 unspecified atom stereocenters. The van der Waals surface area contributed by atoms with Gasteiger partial charge in [0.05, 0.1) is 6.61 Å². The van der Waals surface area contributed by atoms with Gasteiger partial charge in [-0.05, 0) is 19.1 Å². The summed E-state index contributed by atoms with van der Waals surface area (Å²) in [6, 6.07) is 2.89. The molecule has 0 aliphatic rings. The molecule has 94 valence electrons. The molecule has 0 saturated heterocycles. The zero-order chi connectivity index (χ0) is 12.7. The van der Waals surface area contributed by atoms with Crippen molar-refractivity contribution >= 4 is 17.5 Å². The Morgan fingerprint density at radius 3 is 2.88 bits per heavy atom. The van der Waals surface area contributed by atoms with Crippen LogP contribution in [-0.4, -0.2) is 42.4 Å². The molecule has 4 N–H and O–H groups in total. The van der Waals surface area contributed by atoms with E-state index in [2.05, 4.69) is 20.8 Å². The number of hydrogen-bond acceptors (Lipinski definition) is 6. The van der Waals surface area contributed by atoms with Crippen molar-refractivity contribution in [3.05, 3.63) is 12.1 Å². The summed E-state index contributed by atoms with van der Waals surface area (Å²) in [6.07, 6.45) is 0. The number of amides is 1. The highest BCUT2D eigenvalue weighted by Gasteiger charge is 2.12. The van der Waals surface area contributed by atoms with Crippen molar-refractivity contribution in [2.75, 3.05) is 31.3 Å². The molecule has 0 aliphatic heterocycles. The summed E-state index contributed by atoms with van der Waals surface area (Å²) in [5, 5.41) is 13.1. The van der Waals surface area contributed by atoms with Crippen LogP contribution in [0.2, 0.25) is 0 Å². The summed E-state index contributed by atoms with van der Waals surface area (Å²) in [5.41, 5.74) is 5.40. The van der Waals surface area contributed by atoms with E-state index >= 15 is 0 Å². The fraction of sp³-hybridized carbons (Fsp3) is 0.500. The predicted octanol–water partition coefficient (Wildman–Crippen LogP) is -0.378. The fourth-order valence-electron chi connectivity index (χ4n) is 1.14.